The molecular formula is C28H28N4O4. The van der Waals surface area contributed by atoms with E-state index in [0.717, 1.165) is 38.2 Å². The van der Waals surface area contributed by atoms with Crippen molar-refractivity contribution in [3.05, 3.63) is 94.8 Å². The molecule has 8 heteroatoms. The van der Waals surface area contributed by atoms with Gasteiger partial charge in [-0.05, 0) is 54.8 Å². The van der Waals surface area contributed by atoms with Crippen LogP contribution in [0.2, 0.25) is 0 Å². The Balaban J connectivity index is 1.23. The molecular weight excluding hydrogens is 456 g/mol. The summed E-state index contributed by atoms with van der Waals surface area (Å²) in [5, 5.41) is 3.14. The average Bonchev–Trinajstić information content (AvgIpc) is 3.15. The van der Waals surface area contributed by atoms with Crippen LogP contribution in [0.5, 0.6) is 5.75 Å². The molecule has 1 saturated heterocycles. The fraction of sp³-hybridized carbons (Fsp3) is 0.286. The predicted molar refractivity (Wildman–Crippen MR) is 134 cm³/mol. The number of carbonyl (C=O) groups is 3. The second kappa shape index (κ2) is 10.3. The van der Waals surface area contributed by atoms with Crippen LogP contribution >= 0.6 is 0 Å². The van der Waals surface area contributed by atoms with Gasteiger partial charge in [-0.2, -0.15) is 0 Å². The average molecular weight is 485 g/mol. The van der Waals surface area contributed by atoms with E-state index in [2.05, 4.69) is 15.2 Å². The number of benzene rings is 2. The smallest absolute Gasteiger partial charge is 0.261 e. The Kier molecular flexibility index (Phi) is 6.77. The molecule has 0 unspecified atom stereocenters. The third kappa shape index (κ3) is 4.85. The van der Waals surface area contributed by atoms with Gasteiger partial charge in [-0.15, -0.1) is 0 Å². The van der Waals surface area contributed by atoms with Gasteiger partial charge < -0.3 is 10.1 Å². The molecule has 5 rings (SSSR count). The van der Waals surface area contributed by atoms with Crippen LogP contribution in [0.25, 0.3) is 0 Å². The Hall–Kier alpha value is -4.04. The summed E-state index contributed by atoms with van der Waals surface area (Å²) < 4.78 is 5.43. The first kappa shape index (κ1) is 23.7. The summed E-state index contributed by atoms with van der Waals surface area (Å²) in [6.45, 7) is 2.63. The molecule has 8 nitrogen and oxygen atoms in total. The van der Waals surface area contributed by atoms with Crippen LogP contribution < -0.4 is 10.1 Å². The Morgan fingerprint density at radius 2 is 1.67 bits per heavy atom. The molecule has 3 heterocycles. The topological polar surface area (TPSA) is 91.8 Å². The van der Waals surface area contributed by atoms with Crippen LogP contribution in [0.1, 0.15) is 55.2 Å². The first-order valence-electron chi connectivity index (χ1n) is 12.1. The van der Waals surface area contributed by atoms with Crippen molar-refractivity contribution in [2.24, 2.45) is 0 Å². The van der Waals surface area contributed by atoms with Crippen LogP contribution in [0.15, 0.2) is 66.9 Å². The highest BCUT2D eigenvalue weighted by molar-refractivity contribution is 6.21. The summed E-state index contributed by atoms with van der Waals surface area (Å²) >= 11 is 0. The molecule has 3 aromatic rings. The summed E-state index contributed by atoms with van der Waals surface area (Å²) in [5.74, 6) is -0.421. The van der Waals surface area contributed by atoms with Crippen LogP contribution in [0.3, 0.4) is 0 Å². The lowest BCUT2D eigenvalue weighted by Gasteiger charge is -2.32. The van der Waals surface area contributed by atoms with Crippen molar-refractivity contribution < 1.29 is 19.1 Å². The van der Waals surface area contributed by atoms with Gasteiger partial charge in [-0.25, -0.2) is 0 Å². The molecule has 1 fully saturated rings. The number of aromatic nitrogens is 1. The molecule has 3 amide bonds. The quantitative estimate of drug-likeness (QED) is 0.518. The van der Waals surface area contributed by atoms with Gasteiger partial charge in [0.05, 0.1) is 36.0 Å². The number of amides is 3. The van der Waals surface area contributed by atoms with Crippen molar-refractivity contribution in [3.8, 4) is 5.75 Å². The number of fused-ring (bicyclic) bond motifs is 1. The van der Waals surface area contributed by atoms with Gasteiger partial charge in [0.25, 0.3) is 17.7 Å². The van der Waals surface area contributed by atoms with Gasteiger partial charge in [0.2, 0.25) is 0 Å². The fourth-order valence-corrected chi connectivity index (χ4v) is 4.82. The van der Waals surface area contributed by atoms with Crippen LogP contribution in [-0.2, 0) is 13.1 Å². The third-order valence-corrected chi connectivity index (χ3v) is 6.76. The highest BCUT2D eigenvalue weighted by atomic mass is 16.5. The third-order valence-electron chi connectivity index (χ3n) is 6.76. The molecule has 0 radical (unpaired) electrons. The van der Waals surface area contributed by atoms with Gasteiger partial charge in [-0.3, -0.25) is 29.2 Å². The number of likely N-dealkylation sites (tertiary alicyclic amines) is 1. The van der Waals surface area contributed by atoms with Gasteiger partial charge >= 0.3 is 0 Å². The SMILES string of the molecule is COc1ccc(CN2C(=O)c3ccccc3C2=O)cc1C(=O)NC1CCN(Cc2ccccn2)CC1. The number of rotatable bonds is 7. The number of hydrogen-bond donors (Lipinski definition) is 1. The Morgan fingerprint density at radius 1 is 0.972 bits per heavy atom. The standard InChI is InChI=1S/C28H28N4O4/c1-36-25-10-9-19(17-32-27(34)22-7-2-3-8-23(22)28(32)35)16-24(25)26(33)30-20-11-14-31(15-12-20)18-21-6-4-5-13-29-21/h2-10,13,16,20H,11-12,14-15,17-18H2,1H3,(H,30,33). The molecule has 184 valence electrons. The lowest BCUT2D eigenvalue weighted by Crippen LogP contribution is -2.44. The number of imide groups is 1. The molecule has 2 aliphatic heterocycles. The Labute approximate surface area is 209 Å². The van der Waals surface area contributed by atoms with Gasteiger partial charge in [-0.1, -0.05) is 24.3 Å². The molecule has 36 heavy (non-hydrogen) atoms. The normalized spacial score (nSPS) is 16.2. The van der Waals surface area contributed by atoms with E-state index in [9.17, 15) is 14.4 Å². The zero-order valence-corrected chi connectivity index (χ0v) is 20.1. The van der Waals surface area contributed by atoms with E-state index in [1.54, 1.807) is 48.7 Å². The number of piperidine rings is 1. The van der Waals surface area contributed by atoms with Crippen molar-refractivity contribution in [1.29, 1.82) is 0 Å². The number of nitrogens with zero attached hydrogens (tertiary/aromatic N) is 3. The minimum atomic E-state index is -0.324. The molecule has 2 aliphatic rings. The summed E-state index contributed by atoms with van der Waals surface area (Å²) in [4.78, 5) is 46.7. The summed E-state index contributed by atoms with van der Waals surface area (Å²) in [6, 6.07) is 18.0. The maximum absolute atomic E-state index is 13.2. The maximum atomic E-state index is 13.2. The van der Waals surface area contributed by atoms with E-state index in [-0.39, 0.29) is 30.3 Å². The van der Waals surface area contributed by atoms with E-state index in [1.807, 2.05) is 18.2 Å². The second-order valence-electron chi connectivity index (χ2n) is 9.12. The second-order valence-corrected chi connectivity index (χ2v) is 9.12. The Bertz CT molecular complexity index is 1250. The molecule has 2 aromatic carbocycles. The fourth-order valence-electron chi connectivity index (χ4n) is 4.82. The number of nitrogens with one attached hydrogen (secondary N) is 1. The van der Waals surface area contributed by atoms with Crippen molar-refractivity contribution >= 4 is 17.7 Å². The van der Waals surface area contributed by atoms with E-state index in [0.29, 0.717) is 28.0 Å². The molecule has 1 N–H and O–H groups in total. The number of methoxy groups -OCH3 is 1. The van der Waals surface area contributed by atoms with Gasteiger partial charge in [0, 0.05) is 31.9 Å². The number of hydrogen-bond acceptors (Lipinski definition) is 6. The van der Waals surface area contributed by atoms with E-state index < -0.39 is 0 Å². The van der Waals surface area contributed by atoms with Crippen molar-refractivity contribution in [1.82, 2.24) is 20.1 Å². The van der Waals surface area contributed by atoms with E-state index >= 15 is 0 Å². The monoisotopic (exact) mass is 484 g/mol. The van der Waals surface area contributed by atoms with Crippen molar-refractivity contribution in [3.63, 3.8) is 0 Å². The lowest BCUT2D eigenvalue weighted by atomic mass is 10.0. The number of carbonyl (C=O) groups excluding carboxylic acids is 3. The Morgan fingerprint density at radius 3 is 2.31 bits per heavy atom. The van der Waals surface area contributed by atoms with E-state index in [4.69, 9.17) is 4.74 Å². The van der Waals surface area contributed by atoms with Gasteiger partial charge in [0.1, 0.15) is 5.75 Å². The highest BCUT2D eigenvalue weighted by Crippen LogP contribution is 2.27. The molecule has 0 spiro atoms. The first-order valence-corrected chi connectivity index (χ1v) is 12.1. The molecule has 0 atom stereocenters. The van der Waals surface area contributed by atoms with Gasteiger partial charge in [0.15, 0.2) is 0 Å². The first-order chi connectivity index (χ1) is 17.5. The summed E-state index contributed by atoms with van der Waals surface area (Å²) in [5.41, 5.74) is 2.93. The van der Waals surface area contributed by atoms with Crippen LogP contribution in [0.4, 0.5) is 0 Å². The highest BCUT2D eigenvalue weighted by Gasteiger charge is 2.35. The molecule has 0 saturated carbocycles. The lowest BCUT2D eigenvalue weighted by molar-refractivity contribution is 0.0642. The summed E-state index contributed by atoms with van der Waals surface area (Å²) in [6.07, 6.45) is 3.49. The maximum Gasteiger partial charge on any atom is 0.261 e. The molecule has 0 bridgehead atoms. The largest absolute Gasteiger partial charge is 0.496 e. The minimum absolute atomic E-state index is 0.0575. The predicted octanol–water partition coefficient (Wildman–Crippen LogP) is 3.28. The van der Waals surface area contributed by atoms with Crippen molar-refractivity contribution in [2.45, 2.75) is 32.0 Å². The summed E-state index contributed by atoms with van der Waals surface area (Å²) in [7, 11) is 1.52. The van der Waals surface area contributed by atoms with Crippen LogP contribution in [0, 0.1) is 0 Å². The minimum Gasteiger partial charge on any atom is -0.496 e. The van der Waals surface area contributed by atoms with E-state index in [1.165, 1.54) is 12.0 Å². The zero-order valence-electron chi connectivity index (χ0n) is 20.1. The number of ether oxygens (including phenoxy) is 1. The zero-order chi connectivity index (χ0) is 25.1. The molecule has 0 aliphatic carbocycles. The van der Waals surface area contributed by atoms with Crippen LogP contribution in [-0.4, -0.2) is 58.7 Å². The van der Waals surface area contributed by atoms with Crippen molar-refractivity contribution in [2.75, 3.05) is 20.2 Å². The number of pyridine rings is 1. The molecule has 1 aromatic heterocycles.